The fourth-order valence-electron chi connectivity index (χ4n) is 3.15. The lowest BCUT2D eigenvalue weighted by Gasteiger charge is -2.36. The Balaban J connectivity index is 2.03. The molecule has 1 heterocycles. The minimum atomic E-state index is -1.09. The van der Waals surface area contributed by atoms with Crippen molar-refractivity contribution in [1.82, 2.24) is 4.90 Å². The van der Waals surface area contributed by atoms with Gasteiger partial charge in [-0.3, -0.25) is 4.90 Å². The van der Waals surface area contributed by atoms with E-state index in [0.29, 0.717) is 6.04 Å². The lowest BCUT2D eigenvalue weighted by atomic mass is 9.97. The monoisotopic (exact) mass is 307 g/mol. The molecule has 22 heavy (non-hydrogen) atoms. The molecule has 5 nitrogen and oxygen atoms in total. The Labute approximate surface area is 131 Å². The number of hydrogen-bond acceptors (Lipinski definition) is 4. The van der Waals surface area contributed by atoms with Crippen LogP contribution in [0, 0.1) is 0 Å². The normalized spacial score (nSPS) is 19.2. The number of methoxy groups -OCH3 is 1. The number of piperidine rings is 1. The largest absolute Gasteiger partial charge is 0.507 e. The topological polar surface area (TPSA) is 70.0 Å². The highest BCUT2D eigenvalue weighted by Crippen LogP contribution is 2.25. The maximum absolute atomic E-state index is 11.1. The average Bonchev–Trinajstić information content (AvgIpc) is 2.51. The Bertz CT molecular complexity index is 503. The molecule has 0 bridgehead atoms. The van der Waals surface area contributed by atoms with Crippen LogP contribution in [0.15, 0.2) is 18.2 Å². The van der Waals surface area contributed by atoms with Crippen LogP contribution in [0.4, 0.5) is 0 Å². The molecule has 2 rings (SSSR count). The number of phenols is 1. The van der Waals surface area contributed by atoms with Gasteiger partial charge in [0.1, 0.15) is 11.3 Å². The van der Waals surface area contributed by atoms with Gasteiger partial charge in [-0.1, -0.05) is 12.5 Å². The summed E-state index contributed by atoms with van der Waals surface area (Å²) in [6.07, 6.45) is 5.79. The first kappa shape index (κ1) is 16.8. The number of ether oxygens (including phenoxy) is 1. The number of nitrogens with zero attached hydrogens (tertiary/aromatic N) is 1. The number of aromatic carboxylic acids is 1. The van der Waals surface area contributed by atoms with Gasteiger partial charge in [-0.05, 0) is 49.9 Å². The molecule has 5 heteroatoms. The van der Waals surface area contributed by atoms with Gasteiger partial charge in [0.25, 0.3) is 0 Å². The molecule has 0 aromatic heterocycles. The molecule has 0 aliphatic carbocycles. The van der Waals surface area contributed by atoms with Gasteiger partial charge in [-0.15, -0.1) is 0 Å². The van der Waals surface area contributed by atoms with E-state index in [1.165, 1.54) is 25.3 Å². The first-order valence-electron chi connectivity index (χ1n) is 7.90. The maximum atomic E-state index is 11.1. The summed E-state index contributed by atoms with van der Waals surface area (Å²) in [7, 11) is 1.72. The highest BCUT2D eigenvalue weighted by molar-refractivity contribution is 5.90. The summed E-state index contributed by atoms with van der Waals surface area (Å²) < 4.78 is 5.13. The molecule has 1 unspecified atom stereocenters. The minimum Gasteiger partial charge on any atom is -0.507 e. The summed E-state index contributed by atoms with van der Waals surface area (Å²) in [6, 6.07) is 5.40. The molecule has 1 atom stereocenters. The fourth-order valence-corrected chi connectivity index (χ4v) is 3.15. The van der Waals surface area contributed by atoms with E-state index in [4.69, 9.17) is 9.84 Å². The van der Waals surface area contributed by atoms with Crippen LogP contribution in [0.1, 0.15) is 48.0 Å². The second-order valence-electron chi connectivity index (χ2n) is 5.91. The number of aromatic hydroxyl groups is 1. The second kappa shape index (κ2) is 8.15. The Morgan fingerprint density at radius 2 is 2.23 bits per heavy atom. The van der Waals surface area contributed by atoms with Gasteiger partial charge >= 0.3 is 5.97 Å². The molecular formula is C17H25NO4. The summed E-state index contributed by atoms with van der Waals surface area (Å²) >= 11 is 0. The predicted molar refractivity (Wildman–Crippen MR) is 84.2 cm³/mol. The van der Waals surface area contributed by atoms with Crippen molar-refractivity contribution in [3.05, 3.63) is 29.3 Å². The van der Waals surface area contributed by atoms with Crippen molar-refractivity contribution in [3.63, 3.8) is 0 Å². The number of carboxylic acid groups (broad SMARTS) is 1. The average molecular weight is 307 g/mol. The van der Waals surface area contributed by atoms with Gasteiger partial charge in [0, 0.05) is 26.3 Å². The molecule has 1 aliphatic heterocycles. The number of carboxylic acids is 1. The molecule has 1 aliphatic rings. The first-order valence-corrected chi connectivity index (χ1v) is 7.90. The summed E-state index contributed by atoms with van der Waals surface area (Å²) in [4.78, 5) is 13.5. The van der Waals surface area contributed by atoms with Crippen molar-refractivity contribution in [2.75, 3.05) is 20.3 Å². The van der Waals surface area contributed by atoms with Crippen molar-refractivity contribution in [1.29, 1.82) is 0 Å². The van der Waals surface area contributed by atoms with Crippen LogP contribution in [0.5, 0.6) is 5.75 Å². The van der Waals surface area contributed by atoms with E-state index in [1.54, 1.807) is 13.2 Å². The molecule has 1 saturated heterocycles. The molecule has 1 aromatic rings. The molecule has 2 N–H and O–H groups in total. The lowest BCUT2D eigenvalue weighted by molar-refractivity contribution is 0.0693. The van der Waals surface area contributed by atoms with Crippen LogP contribution < -0.4 is 0 Å². The zero-order valence-corrected chi connectivity index (χ0v) is 13.1. The van der Waals surface area contributed by atoms with Gasteiger partial charge in [-0.2, -0.15) is 0 Å². The van der Waals surface area contributed by atoms with E-state index in [1.807, 2.05) is 6.07 Å². The summed E-state index contributed by atoms with van der Waals surface area (Å²) in [5.41, 5.74) is 0.916. The summed E-state index contributed by atoms with van der Waals surface area (Å²) in [5.74, 6) is -1.26. The van der Waals surface area contributed by atoms with Crippen molar-refractivity contribution in [3.8, 4) is 5.75 Å². The maximum Gasteiger partial charge on any atom is 0.339 e. The van der Waals surface area contributed by atoms with E-state index in [9.17, 15) is 9.90 Å². The summed E-state index contributed by atoms with van der Waals surface area (Å²) in [5, 5.41) is 18.7. The quantitative estimate of drug-likeness (QED) is 0.758. The second-order valence-corrected chi connectivity index (χ2v) is 5.91. The van der Waals surface area contributed by atoms with Crippen LogP contribution in [-0.2, 0) is 11.3 Å². The highest BCUT2D eigenvalue weighted by atomic mass is 16.5. The Morgan fingerprint density at radius 1 is 1.41 bits per heavy atom. The van der Waals surface area contributed by atoms with Crippen molar-refractivity contribution >= 4 is 5.97 Å². The molecule has 122 valence electrons. The molecule has 0 radical (unpaired) electrons. The number of hydrogen-bond donors (Lipinski definition) is 2. The Hall–Kier alpha value is -1.59. The Kier molecular flexibility index (Phi) is 6.21. The highest BCUT2D eigenvalue weighted by Gasteiger charge is 2.22. The van der Waals surface area contributed by atoms with Gasteiger partial charge < -0.3 is 14.9 Å². The van der Waals surface area contributed by atoms with Crippen molar-refractivity contribution in [2.45, 2.75) is 44.7 Å². The zero-order valence-electron chi connectivity index (χ0n) is 13.1. The van der Waals surface area contributed by atoms with Crippen LogP contribution in [-0.4, -0.2) is 47.4 Å². The van der Waals surface area contributed by atoms with E-state index in [0.717, 1.165) is 38.1 Å². The van der Waals surface area contributed by atoms with Gasteiger partial charge in [0.05, 0.1) is 0 Å². The summed E-state index contributed by atoms with van der Waals surface area (Å²) in [6.45, 7) is 2.56. The number of rotatable bonds is 7. The molecular weight excluding hydrogens is 282 g/mol. The zero-order chi connectivity index (χ0) is 15.9. The molecule has 0 saturated carbocycles. The van der Waals surface area contributed by atoms with Gasteiger partial charge in [0.2, 0.25) is 0 Å². The molecule has 0 amide bonds. The van der Waals surface area contributed by atoms with Gasteiger partial charge in [-0.25, -0.2) is 4.79 Å². The standard InChI is InChI=1S/C17H25NO4/c1-22-10-4-6-14-5-2-3-9-18(14)12-13-7-8-16(19)15(11-13)17(20)21/h7-8,11,14,19H,2-6,9-10,12H2,1H3,(H,20,21). The molecule has 1 aromatic carbocycles. The van der Waals surface area contributed by atoms with E-state index in [-0.39, 0.29) is 11.3 Å². The molecule has 0 spiro atoms. The van der Waals surface area contributed by atoms with Crippen LogP contribution in [0.25, 0.3) is 0 Å². The van der Waals surface area contributed by atoms with Crippen LogP contribution in [0.2, 0.25) is 0 Å². The van der Waals surface area contributed by atoms with E-state index >= 15 is 0 Å². The number of benzene rings is 1. The van der Waals surface area contributed by atoms with Crippen LogP contribution >= 0.6 is 0 Å². The van der Waals surface area contributed by atoms with Crippen molar-refractivity contribution in [2.24, 2.45) is 0 Å². The smallest absolute Gasteiger partial charge is 0.339 e. The third-order valence-electron chi connectivity index (χ3n) is 4.31. The first-order chi connectivity index (χ1) is 10.6. The van der Waals surface area contributed by atoms with E-state index in [2.05, 4.69) is 4.90 Å². The third-order valence-corrected chi connectivity index (χ3v) is 4.31. The fraction of sp³-hybridized carbons (Fsp3) is 0.588. The lowest BCUT2D eigenvalue weighted by Crippen LogP contribution is -2.39. The van der Waals surface area contributed by atoms with Crippen molar-refractivity contribution < 1.29 is 19.7 Å². The predicted octanol–water partition coefficient (Wildman–Crippen LogP) is 2.87. The SMILES string of the molecule is COCCCC1CCCCN1Cc1ccc(O)c(C(=O)O)c1. The van der Waals surface area contributed by atoms with E-state index < -0.39 is 5.97 Å². The number of carbonyl (C=O) groups is 1. The minimum absolute atomic E-state index is 0.0227. The van der Waals surface area contributed by atoms with Crippen LogP contribution in [0.3, 0.4) is 0 Å². The molecule has 1 fully saturated rings. The third kappa shape index (κ3) is 4.45. The number of likely N-dealkylation sites (tertiary alicyclic amines) is 1. The Morgan fingerprint density at radius 3 is 2.95 bits per heavy atom. The van der Waals surface area contributed by atoms with Gasteiger partial charge in [0.15, 0.2) is 0 Å².